The topological polar surface area (TPSA) is 128 Å². The molecule has 0 aromatic heterocycles. The van der Waals surface area contributed by atoms with E-state index in [-0.39, 0.29) is 18.9 Å². The first-order valence-corrected chi connectivity index (χ1v) is 8.05. The van der Waals surface area contributed by atoms with Gasteiger partial charge in [-0.2, -0.15) is 0 Å². The fourth-order valence-corrected chi connectivity index (χ4v) is 2.26. The van der Waals surface area contributed by atoms with Crippen molar-refractivity contribution in [3.05, 3.63) is 35.9 Å². The van der Waals surface area contributed by atoms with E-state index in [2.05, 4.69) is 10.6 Å². The van der Waals surface area contributed by atoms with Gasteiger partial charge in [0.25, 0.3) is 5.91 Å². The molecule has 0 fully saturated rings. The number of carbonyl (C=O) groups excluding carboxylic acids is 3. The van der Waals surface area contributed by atoms with Gasteiger partial charge < -0.3 is 15.7 Å². The Morgan fingerprint density at radius 1 is 1.04 bits per heavy atom. The Bertz CT molecular complexity index is 577. The summed E-state index contributed by atoms with van der Waals surface area (Å²) in [6.45, 7) is 3.28. The van der Waals surface area contributed by atoms with Crippen molar-refractivity contribution in [2.75, 3.05) is 6.61 Å². The number of hydroxylamine groups is 1. The molecule has 0 aliphatic carbocycles. The lowest BCUT2D eigenvalue weighted by Gasteiger charge is -2.21. The van der Waals surface area contributed by atoms with Crippen LogP contribution < -0.4 is 16.1 Å². The molecule has 138 valence electrons. The molecule has 3 amide bonds. The number of aliphatic hydroxyl groups is 1. The second kappa shape index (κ2) is 10.4. The monoisotopic (exact) mass is 351 g/mol. The lowest BCUT2D eigenvalue weighted by atomic mass is 9.95. The fraction of sp³-hybridized carbons (Fsp3) is 0.471. The smallest absolute Gasteiger partial charge is 0.255 e. The highest BCUT2D eigenvalue weighted by Crippen LogP contribution is 2.12. The number of carbonyl (C=O) groups is 3. The van der Waals surface area contributed by atoms with E-state index in [9.17, 15) is 19.5 Å². The first-order valence-electron chi connectivity index (χ1n) is 8.05. The van der Waals surface area contributed by atoms with Crippen LogP contribution >= 0.6 is 0 Å². The van der Waals surface area contributed by atoms with E-state index >= 15 is 0 Å². The predicted molar refractivity (Wildman–Crippen MR) is 90.2 cm³/mol. The van der Waals surface area contributed by atoms with Crippen molar-refractivity contribution in [2.45, 2.75) is 32.9 Å². The van der Waals surface area contributed by atoms with E-state index in [1.807, 2.05) is 44.2 Å². The summed E-state index contributed by atoms with van der Waals surface area (Å²) in [7, 11) is 0. The molecule has 1 aromatic rings. The largest absolute Gasteiger partial charge is 0.394 e. The van der Waals surface area contributed by atoms with E-state index in [1.165, 1.54) is 5.48 Å². The molecule has 0 saturated heterocycles. The molecule has 8 nitrogen and oxygen atoms in total. The summed E-state index contributed by atoms with van der Waals surface area (Å²) >= 11 is 0. The third kappa shape index (κ3) is 6.90. The standard InChI is InChI=1S/C17H25N3O5/c1-11(2)8-13(16(23)20-25)15(22)19-14(10-21)17(24)18-9-12-6-4-3-5-7-12/h3-7,11,13-14,21,25H,8-10H2,1-2H3,(H,18,24)(H,19,22)(H,20,23)/t13?,14-/m0/s1. The number of hydrogen-bond acceptors (Lipinski definition) is 5. The van der Waals surface area contributed by atoms with Crippen molar-refractivity contribution in [2.24, 2.45) is 11.8 Å². The average Bonchev–Trinajstić information content (AvgIpc) is 2.61. The SMILES string of the molecule is CC(C)CC(C(=O)NO)C(=O)N[C@@H](CO)C(=O)NCc1ccccc1. The molecule has 1 rings (SSSR count). The highest BCUT2D eigenvalue weighted by Gasteiger charge is 2.30. The molecule has 2 atom stereocenters. The molecule has 0 radical (unpaired) electrons. The molecule has 0 aliphatic rings. The molecule has 0 heterocycles. The van der Waals surface area contributed by atoms with Crippen LogP contribution in [-0.2, 0) is 20.9 Å². The maximum atomic E-state index is 12.3. The second-order valence-electron chi connectivity index (χ2n) is 6.11. The van der Waals surface area contributed by atoms with Gasteiger partial charge in [-0.05, 0) is 17.9 Å². The maximum Gasteiger partial charge on any atom is 0.255 e. The summed E-state index contributed by atoms with van der Waals surface area (Å²) in [5.74, 6) is -3.28. The molecule has 25 heavy (non-hydrogen) atoms. The summed E-state index contributed by atoms with van der Waals surface area (Å²) in [5, 5.41) is 23.1. The van der Waals surface area contributed by atoms with Gasteiger partial charge in [0, 0.05) is 6.54 Å². The van der Waals surface area contributed by atoms with Crippen LogP contribution in [0.2, 0.25) is 0 Å². The number of nitrogens with one attached hydrogen (secondary N) is 3. The molecular formula is C17H25N3O5. The quantitative estimate of drug-likeness (QED) is 0.242. The molecule has 8 heteroatoms. The molecule has 0 bridgehead atoms. The number of benzene rings is 1. The van der Waals surface area contributed by atoms with E-state index in [0.29, 0.717) is 0 Å². The molecule has 0 saturated carbocycles. The number of amides is 3. The molecule has 1 unspecified atom stereocenters. The van der Waals surface area contributed by atoms with Gasteiger partial charge in [-0.3, -0.25) is 19.6 Å². The van der Waals surface area contributed by atoms with E-state index < -0.39 is 36.3 Å². The zero-order chi connectivity index (χ0) is 18.8. The van der Waals surface area contributed by atoms with Gasteiger partial charge >= 0.3 is 0 Å². The predicted octanol–water partition coefficient (Wildman–Crippen LogP) is -0.0524. The molecule has 1 aromatic carbocycles. The van der Waals surface area contributed by atoms with Crippen LogP contribution in [0.4, 0.5) is 0 Å². The lowest BCUT2D eigenvalue weighted by Crippen LogP contribution is -2.52. The van der Waals surface area contributed by atoms with Gasteiger partial charge in [0.2, 0.25) is 11.8 Å². The van der Waals surface area contributed by atoms with Gasteiger partial charge in [-0.25, -0.2) is 5.48 Å². The average molecular weight is 351 g/mol. The van der Waals surface area contributed by atoms with E-state index in [1.54, 1.807) is 0 Å². The van der Waals surface area contributed by atoms with Crippen LogP contribution in [0.25, 0.3) is 0 Å². The van der Waals surface area contributed by atoms with E-state index in [4.69, 9.17) is 5.21 Å². The Balaban J connectivity index is 2.66. The van der Waals surface area contributed by atoms with E-state index in [0.717, 1.165) is 5.56 Å². The Morgan fingerprint density at radius 3 is 2.20 bits per heavy atom. The van der Waals surface area contributed by atoms with Crippen LogP contribution in [0.5, 0.6) is 0 Å². The van der Waals surface area contributed by atoms with Gasteiger partial charge in [0.05, 0.1) is 6.61 Å². The van der Waals surface area contributed by atoms with Crippen molar-refractivity contribution >= 4 is 17.7 Å². The Hall–Kier alpha value is -2.45. The Morgan fingerprint density at radius 2 is 1.68 bits per heavy atom. The first-order chi connectivity index (χ1) is 11.9. The van der Waals surface area contributed by atoms with Crippen molar-refractivity contribution in [1.82, 2.24) is 16.1 Å². The van der Waals surface area contributed by atoms with Gasteiger partial charge in [-0.1, -0.05) is 44.2 Å². The van der Waals surface area contributed by atoms with Crippen LogP contribution in [0.1, 0.15) is 25.8 Å². The zero-order valence-corrected chi connectivity index (χ0v) is 14.4. The Kier molecular flexibility index (Phi) is 8.59. The molecule has 0 spiro atoms. The highest BCUT2D eigenvalue weighted by atomic mass is 16.5. The highest BCUT2D eigenvalue weighted by molar-refractivity contribution is 6.01. The van der Waals surface area contributed by atoms with Crippen LogP contribution in [0, 0.1) is 11.8 Å². The van der Waals surface area contributed by atoms with Crippen molar-refractivity contribution in [3.8, 4) is 0 Å². The van der Waals surface area contributed by atoms with Crippen molar-refractivity contribution < 1.29 is 24.7 Å². The number of rotatable bonds is 9. The van der Waals surface area contributed by atoms with Crippen LogP contribution in [-0.4, -0.2) is 40.7 Å². The summed E-state index contributed by atoms with van der Waals surface area (Å²) in [6.07, 6.45) is 0.196. The summed E-state index contributed by atoms with van der Waals surface area (Å²) in [5.41, 5.74) is 2.33. The minimum atomic E-state index is -1.18. The third-order valence-corrected chi connectivity index (χ3v) is 3.58. The van der Waals surface area contributed by atoms with Gasteiger partial charge in [-0.15, -0.1) is 0 Å². The minimum Gasteiger partial charge on any atom is -0.394 e. The van der Waals surface area contributed by atoms with Crippen LogP contribution in [0.15, 0.2) is 30.3 Å². The molecule has 5 N–H and O–H groups in total. The van der Waals surface area contributed by atoms with Crippen molar-refractivity contribution in [3.63, 3.8) is 0 Å². The minimum absolute atomic E-state index is 0.0209. The summed E-state index contributed by atoms with van der Waals surface area (Å²) in [4.78, 5) is 36.0. The summed E-state index contributed by atoms with van der Waals surface area (Å²) < 4.78 is 0. The molecular weight excluding hydrogens is 326 g/mol. The fourth-order valence-electron chi connectivity index (χ4n) is 2.26. The van der Waals surface area contributed by atoms with Gasteiger partial charge in [0.15, 0.2) is 0 Å². The van der Waals surface area contributed by atoms with Crippen LogP contribution in [0.3, 0.4) is 0 Å². The Labute approximate surface area is 146 Å². The normalized spacial score (nSPS) is 13.0. The second-order valence-corrected chi connectivity index (χ2v) is 6.11. The van der Waals surface area contributed by atoms with Gasteiger partial charge in [0.1, 0.15) is 12.0 Å². The lowest BCUT2D eigenvalue weighted by molar-refractivity contribution is -0.143. The molecule has 0 aliphatic heterocycles. The third-order valence-electron chi connectivity index (χ3n) is 3.58. The zero-order valence-electron chi connectivity index (χ0n) is 14.4. The number of aliphatic hydroxyl groups excluding tert-OH is 1. The maximum absolute atomic E-state index is 12.3. The first kappa shape index (κ1) is 20.6. The van der Waals surface area contributed by atoms with Crippen molar-refractivity contribution in [1.29, 1.82) is 0 Å². The number of hydrogen-bond donors (Lipinski definition) is 5. The summed E-state index contributed by atoms with van der Waals surface area (Å²) in [6, 6.07) is 7.99.